The molecule has 5 nitrogen and oxygen atoms in total. The van der Waals surface area contributed by atoms with E-state index in [1.807, 2.05) is 55.5 Å². The molecule has 1 heterocycles. The fourth-order valence-corrected chi connectivity index (χ4v) is 3.40. The third kappa shape index (κ3) is 3.65. The minimum Gasteiger partial charge on any atom is -0.481 e. The van der Waals surface area contributed by atoms with E-state index in [1.54, 1.807) is 11.0 Å². The average Bonchev–Trinajstić information content (AvgIpc) is 2.61. The lowest BCUT2D eigenvalue weighted by Gasteiger charge is -2.37. The van der Waals surface area contributed by atoms with Crippen LogP contribution in [0.3, 0.4) is 0 Å². The molecule has 0 aliphatic carbocycles. The van der Waals surface area contributed by atoms with Crippen molar-refractivity contribution in [2.45, 2.75) is 31.7 Å². The second kappa shape index (κ2) is 7.38. The molecule has 0 radical (unpaired) electrons. The Kier molecular flexibility index (Phi) is 5.03. The Bertz CT molecular complexity index is 761. The van der Waals surface area contributed by atoms with Gasteiger partial charge in [0.2, 0.25) is 0 Å². The van der Waals surface area contributed by atoms with Crippen LogP contribution in [0.15, 0.2) is 54.6 Å². The van der Waals surface area contributed by atoms with E-state index in [0.717, 1.165) is 6.42 Å². The Morgan fingerprint density at radius 1 is 1.12 bits per heavy atom. The second-order valence-corrected chi connectivity index (χ2v) is 6.37. The molecule has 2 atom stereocenters. The van der Waals surface area contributed by atoms with E-state index < -0.39 is 11.9 Å². The van der Waals surface area contributed by atoms with Crippen molar-refractivity contribution >= 4 is 17.7 Å². The highest BCUT2D eigenvalue weighted by Crippen LogP contribution is 2.38. The summed E-state index contributed by atoms with van der Waals surface area (Å²) in [5.74, 6) is -1.41. The van der Waals surface area contributed by atoms with Gasteiger partial charge in [-0.1, -0.05) is 48.5 Å². The predicted octanol–water partition coefficient (Wildman–Crippen LogP) is 3.41. The van der Waals surface area contributed by atoms with Gasteiger partial charge >= 0.3 is 12.0 Å². The third-order valence-electron chi connectivity index (χ3n) is 4.64. The number of nitrogens with zero attached hydrogens (tertiary/aromatic N) is 1. The molecule has 2 aromatic rings. The number of anilines is 1. The number of para-hydroxylation sites is 1. The van der Waals surface area contributed by atoms with Gasteiger partial charge in [-0.15, -0.1) is 0 Å². The number of rotatable bonds is 4. The second-order valence-electron chi connectivity index (χ2n) is 6.37. The van der Waals surface area contributed by atoms with Crippen molar-refractivity contribution in [2.75, 3.05) is 11.4 Å². The average molecular weight is 338 g/mol. The van der Waals surface area contributed by atoms with Crippen molar-refractivity contribution in [1.29, 1.82) is 0 Å². The zero-order valence-corrected chi connectivity index (χ0v) is 14.2. The van der Waals surface area contributed by atoms with Crippen molar-refractivity contribution in [3.63, 3.8) is 0 Å². The number of fused-ring (bicyclic) bond motifs is 1. The number of hydrogen-bond acceptors (Lipinski definition) is 2. The zero-order valence-electron chi connectivity index (χ0n) is 14.2. The van der Waals surface area contributed by atoms with Crippen LogP contribution in [0.1, 0.15) is 30.4 Å². The smallest absolute Gasteiger partial charge is 0.322 e. The monoisotopic (exact) mass is 338 g/mol. The van der Waals surface area contributed by atoms with E-state index in [4.69, 9.17) is 0 Å². The summed E-state index contributed by atoms with van der Waals surface area (Å²) in [5.41, 5.74) is 2.55. The molecule has 130 valence electrons. The van der Waals surface area contributed by atoms with Gasteiger partial charge in [0.05, 0.1) is 5.92 Å². The highest BCUT2D eigenvalue weighted by atomic mass is 16.4. The van der Waals surface area contributed by atoms with Crippen molar-refractivity contribution in [3.05, 3.63) is 65.7 Å². The van der Waals surface area contributed by atoms with Crippen LogP contribution in [0, 0.1) is 0 Å². The van der Waals surface area contributed by atoms with E-state index in [2.05, 4.69) is 5.32 Å². The third-order valence-corrected chi connectivity index (χ3v) is 4.64. The van der Waals surface area contributed by atoms with Crippen LogP contribution in [-0.2, 0) is 11.2 Å². The molecular weight excluding hydrogens is 316 g/mol. The minimum absolute atomic E-state index is 0.173. The van der Waals surface area contributed by atoms with Crippen LogP contribution in [0.5, 0.6) is 0 Å². The first-order valence-corrected chi connectivity index (χ1v) is 8.50. The summed E-state index contributed by atoms with van der Waals surface area (Å²) in [5, 5.41) is 12.4. The summed E-state index contributed by atoms with van der Waals surface area (Å²) < 4.78 is 0. The molecule has 1 aliphatic heterocycles. The quantitative estimate of drug-likeness (QED) is 0.897. The Morgan fingerprint density at radius 2 is 1.80 bits per heavy atom. The SMILES string of the molecule is CC1CC(C(=O)O)c2ccccc2N1C(=O)NCCc1ccccc1. The van der Waals surface area contributed by atoms with Gasteiger partial charge in [0.15, 0.2) is 0 Å². The Balaban J connectivity index is 1.73. The highest BCUT2D eigenvalue weighted by molar-refractivity contribution is 5.96. The van der Waals surface area contributed by atoms with Gasteiger partial charge in [-0.3, -0.25) is 9.69 Å². The number of carboxylic acid groups (broad SMARTS) is 1. The Hall–Kier alpha value is -2.82. The van der Waals surface area contributed by atoms with Gasteiger partial charge < -0.3 is 10.4 Å². The van der Waals surface area contributed by atoms with Gasteiger partial charge in [-0.25, -0.2) is 4.79 Å². The van der Waals surface area contributed by atoms with E-state index in [-0.39, 0.29) is 12.1 Å². The molecule has 0 spiro atoms. The van der Waals surface area contributed by atoms with E-state index in [0.29, 0.717) is 24.2 Å². The van der Waals surface area contributed by atoms with Gasteiger partial charge in [0.1, 0.15) is 0 Å². The summed E-state index contributed by atoms with van der Waals surface area (Å²) in [6, 6.07) is 16.9. The Labute approximate surface area is 147 Å². The molecule has 0 aromatic heterocycles. The lowest BCUT2D eigenvalue weighted by atomic mass is 9.86. The molecule has 0 fully saturated rings. The predicted molar refractivity (Wildman–Crippen MR) is 96.9 cm³/mol. The topological polar surface area (TPSA) is 69.6 Å². The molecule has 1 aliphatic rings. The summed E-state index contributed by atoms with van der Waals surface area (Å²) >= 11 is 0. The molecule has 2 amide bonds. The molecular formula is C20H22N2O3. The van der Waals surface area contributed by atoms with Crippen LogP contribution in [0.2, 0.25) is 0 Å². The number of carbonyl (C=O) groups excluding carboxylic acids is 1. The number of nitrogens with one attached hydrogen (secondary N) is 1. The largest absolute Gasteiger partial charge is 0.481 e. The number of hydrogen-bond donors (Lipinski definition) is 2. The normalized spacial score (nSPS) is 19.2. The molecule has 2 aromatic carbocycles. The van der Waals surface area contributed by atoms with Crippen molar-refractivity contribution in [2.24, 2.45) is 0 Å². The standard InChI is InChI=1S/C20H22N2O3/c1-14-13-17(19(23)24)16-9-5-6-10-18(16)22(14)20(25)21-12-11-15-7-3-2-4-8-15/h2-10,14,17H,11-13H2,1H3,(H,21,25)(H,23,24). The van der Waals surface area contributed by atoms with Gasteiger partial charge in [-0.05, 0) is 37.0 Å². The van der Waals surface area contributed by atoms with Crippen LogP contribution in [0.25, 0.3) is 0 Å². The maximum atomic E-state index is 12.7. The van der Waals surface area contributed by atoms with Crippen LogP contribution >= 0.6 is 0 Å². The van der Waals surface area contributed by atoms with Crippen LogP contribution in [-0.4, -0.2) is 29.7 Å². The number of urea groups is 1. The maximum absolute atomic E-state index is 12.7. The van der Waals surface area contributed by atoms with Gasteiger partial charge in [-0.2, -0.15) is 0 Å². The van der Waals surface area contributed by atoms with Crippen LogP contribution in [0.4, 0.5) is 10.5 Å². The van der Waals surface area contributed by atoms with Crippen LogP contribution < -0.4 is 10.2 Å². The number of benzene rings is 2. The highest BCUT2D eigenvalue weighted by Gasteiger charge is 2.36. The molecule has 0 bridgehead atoms. The van der Waals surface area contributed by atoms with Crippen molar-refractivity contribution in [1.82, 2.24) is 5.32 Å². The minimum atomic E-state index is -0.844. The summed E-state index contributed by atoms with van der Waals surface area (Å²) in [4.78, 5) is 25.9. The number of carboxylic acids is 1. The summed E-state index contributed by atoms with van der Waals surface area (Å²) in [6.45, 7) is 2.43. The molecule has 0 saturated heterocycles. The van der Waals surface area contributed by atoms with E-state index >= 15 is 0 Å². The molecule has 2 N–H and O–H groups in total. The maximum Gasteiger partial charge on any atom is 0.322 e. The Morgan fingerprint density at radius 3 is 2.52 bits per heavy atom. The molecule has 2 unspecified atom stereocenters. The van der Waals surface area contributed by atoms with E-state index in [9.17, 15) is 14.7 Å². The number of amides is 2. The van der Waals surface area contributed by atoms with Crippen molar-refractivity contribution in [3.8, 4) is 0 Å². The first-order valence-electron chi connectivity index (χ1n) is 8.50. The van der Waals surface area contributed by atoms with Crippen molar-refractivity contribution < 1.29 is 14.7 Å². The molecule has 3 rings (SSSR count). The molecule has 5 heteroatoms. The lowest BCUT2D eigenvalue weighted by molar-refractivity contribution is -0.139. The molecule has 0 saturated carbocycles. The first kappa shape index (κ1) is 17.0. The van der Waals surface area contributed by atoms with E-state index in [1.165, 1.54) is 5.56 Å². The zero-order chi connectivity index (χ0) is 17.8. The fourth-order valence-electron chi connectivity index (χ4n) is 3.40. The fraction of sp³-hybridized carbons (Fsp3) is 0.300. The molecule has 25 heavy (non-hydrogen) atoms. The summed E-state index contributed by atoms with van der Waals surface area (Å²) in [6.07, 6.45) is 1.17. The lowest BCUT2D eigenvalue weighted by Crippen LogP contribution is -2.49. The first-order chi connectivity index (χ1) is 12.1. The summed E-state index contributed by atoms with van der Waals surface area (Å²) in [7, 11) is 0. The number of aliphatic carboxylic acids is 1. The van der Waals surface area contributed by atoms with Gasteiger partial charge in [0.25, 0.3) is 0 Å². The number of carbonyl (C=O) groups is 2. The van der Waals surface area contributed by atoms with Gasteiger partial charge in [0, 0.05) is 18.3 Å².